The maximum Gasteiger partial charge on any atom is 0.333 e. The molecule has 5 heteroatoms. The van der Waals surface area contributed by atoms with Crippen LogP contribution in [-0.2, 0) is 0 Å². The van der Waals surface area contributed by atoms with E-state index in [0.29, 0.717) is 17.5 Å². The summed E-state index contributed by atoms with van der Waals surface area (Å²) in [5.41, 5.74) is 0.587. The van der Waals surface area contributed by atoms with Crippen LogP contribution in [0.25, 0.3) is 0 Å². The lowest BCUT2D eigenvalue weighted by Crippen LogP contribution is -2.10. The van der Waals surface area contributed by atoms with Crippen molar-refractivity contribution in [3.05, 3.63) is 28.3 Å². The molecule has 0 amide bonds. The molecule has 0 aromatic heterocycles. The quantitative estimate of drug-likeness (QED) is 0.630. The SMILES string of the molecule is CC(C)Oc1cccc(NC2CC2)c1[N+](=O)[O-]. The van der Waals surface area contributed by atoms with Crippen molar-refractivity contribution in [1.29, 1.82) is 0 Å². The number of rotatable bonds is 5. The fraction of sp³-hybridized carbons (Fsp3) is 0.500. The smallest absolute Gasteiger partial charge is 0.333 e. The zero-order chi connectivity index (χ0) is 12.4. The molecular weight excluding hydrogens is 220 g/mol. The number of nitrogens with zero attached hydrogens (tertiary/aromatic N) is 1. The number of benzene rings is 1. The number of nitrogens with one attached hydrogen (secondary N) is 1. The highest BCUT2D eigenvalue weighted by Crippen LogP contribution is 2.37. The summed E-state index contributed by atoms with van der Waals surface area (Å²) in [5.74, 6) is 0.329. The van der Waals surface area contributed by atoms with Gasteiger partial charge in [0.05, 0.1) is 11.0 Å². The lowest BCUT2D eigenvalue weighted by molar-refractivity contribution is -0.385. The van der Waals surface area contributed by atoms with Gasteiger partial charge >= 0.3 is 5.69 Å². The number of hydrogen-bond donors (Lipinski definition) is 1. The van der Waals surface area contributed by atoms with E-state index in [0.717, 1.165) is 12.8 Å². The van der Waals surface area contributed by atoms with Crippen LogP contribution < -0.4 is 10.1 Å². The molecule has 0 radical (unpaired) electrons. The van der Waals surface area contributed by atoms with Gasteiger partial charge in [0.15, 0.2) is 5.75 Å². The van der Waals surface area contributed by atoms with Crippen molar-refractivity contribution in [3.63, 3.8) is 0 Å². The fourth-order valence-corrected chi connectivity index (χ4v) is 1.62. The summed E-state index contributed by atoms with van der Waals surface area (Å²) >= 11 is 0. The number of para-hydroxylation sites is 1. The minimum atomic E-state index is -0.386. The first-order chi connectivity index (χ1) is 8.08. The van der Waals surface area contributed by atoms with Gasteiger partial charge in [0.1, 0.15) is 5.69 Å². The van der Waals surface area contributed by atoms with Gasteiger partial charge in [-0.3, -0.25) is 10.1 Å². The molecule has 92 valence electrons. The Bertz CT molecular complexity index is 406. The van der Waals surface area contributed by atoms with E-state index in [-0.39, 0.29) is 16.7 Å². The zero-order valence-corrected chi connectivity index (χ0v) is 9.97. The average molecular weight is 236 g/mol. The van der Waals surface area contributed by atoms with Crippen molar-refractivity contribution in [2.75, 3.05) is 5.32 Å². The van der Waals surface area contributed by atoms with Crippen LogP contribution >= 0.6 is 0 Å². The van der Waals surface area contributed by atoms with Gasteiger partial charge in [0, 0.05) is 6.04 Å². The summed E-state index contributed by atoms with van der Waals surface area (Å²) in [4.78, 5) is 10.7. The molecule has 1 aromatic carbocycles. The van der Waals surface area contributed by atoms with Crippen LogP contribution in [0.15, 0.2) is 18.2 Å². The third-order valence-corrected chi connectivity index (χ3v) is 2.48. The molecule has 0 saturated heterocycles. The lowest BCUT2D eigenvalue weighted by Gasteiger charge is -2.12. The van der Waals surface area contributed by atoms with E-state index in [2.05, 4.69) is 5.32 Å². The van der Waals surface area contributed by atoms with Crippen LogP contribution in [0.1, 0.15) is 26.7 Å². The number of anilines is 1. The van der Waals surface area contributed by atoms with Gasteiger partial charge in [-0.15, -0.1) is 0 Å². The predicted octanol–water partition coefficient (Wildman–Crippen LogP) is 2.96. The molecule has 1 saturated carbocycles. The van der Waals surface area contributed by atoms with Gasteiger partial charge in [-0.05, 0) is 38.8 Å². The second-order valence-electron chi connectivity index (χ2n) is 4.49. The van der Waals surface area contributed by atoms with Gasteiger partial charge in [0.25, 0.3) is 0 Å². The summed E-state index contributed by atoms with van der Waals surface area (Å²) in [7, 11) is 0. The first-order valence-corrected chi connectivity index (χ1v) is 5.78. The molecule has 0 bridgehead atoms. The maximum atomic E-state index is 11.1. The Hall–Kier alpha value is -1.78. The van der Waals surface area contributed by atoms with E-state index < -0.39 is 0 Å². The summed E-state index contributed by atoms with van der Waals surface area (Å²) < 4.78 is 5.47. The van der Waals surface area contributed by atoms with Crippen LogP contribution in [0.3, 0.4) is 0 Å². The molecule has 2 rings (SSSR count). The monoisotopic (exact) mass is 236 g/mol. The molecule has 0 unspecified atom stereocenters. The fourth-order valence-electron chi connectivity index (χ4n) is 1.62. The Morgan fingerprint density at radius 2 is 2.18 bits per heavy atom. The molecule has 17 heavy (non-hydrogen) atoms. The maximum absolute atomic E-state index is 11.1. The molecule has 5 nitrogen and oxygen atoms in total. The second-order valence-corrected chi connectivity index (χ2v) is 4.49. The van der Waals surface area contributed by atoms with Crippen LogP contribution in [0.2, 0.25) is 0 Å². The molecule has 1 fully saturated rings. The molecule has 1 aliphatic carbocycles. The molecule has 1 aromatic rings. The van der Waals surface area contributed by atoms with E-state index in [1.54, 1.807) is 18.2 Å². The Balaban J connectivity index is 2.32. The van der Waals surface area contributed by atoms with Gasteiger partial charge in [-0.25, -0.2) is 0 Å². The van der Waals surface area contributed by atoms with E-state index >= 15 is 0 Å². The third-order valence-electron chi connectivity index (χ3n) is 2.48. The van der Waals surface area contributed by atoms with Crippen LogP contribution in [0, 0.1) is 10.1 Å². The Labute approximate surface area is 99.9 Å². The number of nitro groups is 1. The zero-order valence-electron chi connectivity index (χ0n) is 9.97. The Morgan fingerprint density at radius 3 is 2.71 bits per heavy atom. The highest BCUT2D eigenvalue weighted by Gasteiger charge is 2.27. The van der Waals surface area contributed by atoms with Gasteiger partial charge in [0.2, 0.25) is 0 Å². The van der Waals surface area contributed by atoms with Crippen molar-refractivity contribution in [2.24, 2.45) is 0 Å². The van der Waals surface area contributed by atoms with Crippen LogP contribution in [-0.4, -0.2) is 17.1 Å². The van der Waals surface area contributed by atoms with E-state index in [1.807, 2.05) is 13.8 Å². The van der Waals surface area contributed by atoms with Crippen molar-refractivity contribution in [3.8, 4) is 5.75 Å². The van der Waals surface area contributed by atoms with Crippen molar-refractivity contribution >= 4 is 11.4 Å². The topological polar surface area (TPSA) is 64.4 Å². The Kier molecular flexibility index (Phi) is 3.17. The predicted molar refractivity (Wildman–Crippen MR) is 65.5 cm³/mol. The highest BCUT2D eigenvalue weighted by atomic mass is 16.6. The minimum Gasteiger partial charge on any atom is -0.484 e. The largest absolute Gasteiger partial charge is 0.484 e. The average Bonchev–Trinajstić information content (AvgIpc) is 3.00. The molecule has 0 heterocycles. The van der Waals surface area contributed by atoms with Crippen molar-refractivity contribution < 1.29 is 9.66 Å². The van der Waals surface area contributed by atoms with Gasteiger partial charge in [-0.2, -0.15) is 0 Å². The molecule has 0 spiro atoms. The minimum absolute atomic E-state index is 0.0353. The normalized spacial score (nSPS) is 14.8. The van der Waals surface area contributed by atoms with E-state index in [1.165, 1.54) is 0 Å². The van der Waals surface area contributed by atoms with E-state index in [9.17, 15) is 10.1 Å². The first-order valence-electron chi connectivity index (χ1n) is 5.78. The molecular formula is C12H16N2O3. The summed E-state index contributed by atoms with van der Waals surface area (Å²) in [6.07, 6.45) is 2.07. The number of nitro benzene ring substituents is 1. The van der Waals surface area contributed by atoms with Gasteiger partial charge in [-0.1, -0.05) is 6.07 Å². The Morgan fingerprint density at radius 1 is 1.47 bits per heavy atom. The molecule has 1 aliphatic rings. The molecule has 0 aliphatic heterocycles. The number of hydrogen-bond acceptors (Lipinski definition) is 4. The standard InChI is InChI=1S/C12H16N2O3/c1-8(2)17-11-5-3-4-10(12(11)14(15)16)13-9-6-7-9/h3-5,8-9,13H,6-7H2,1-2H3. The molecule has 0 atom stereocenters. The second kappa shape index (κ2) is 4.61. The summed E-state index contributed by atoms with van der Waals surface area (Å²) in [6.45, 7) is 3.70. The highest BCUT2D eigenvalue weighted by molar-refractivity contribution is 5.69. The summed E-state index contributed by atoms with van der Waals surface area (Å²) in [6, 6.07) is 5.51. The lowest BCUT2D eigenvalue weighted by atomic mass is 10.2. The first kappa shape index (κ1) is 11.7. The molecule has 1 N–H and O–H groups in total. The van der Waals surface area contributed by atoms with Crippen molar-refractivity contribution in [2.45, 2.75) is 38.8 Å². The van der Waals surface area contributed by atoms with Crippen LogP contribution in [0.4, 0.5) is 11.4 Å². The van der Waals surface area contributed by atoms with E-state index in [4.69, 9.17) is 4.74 Å². The summed E-state index contributed by atoms with van der Waals surface area (Å²) in [5, 5.41) is 14.3. The van der Waals surface area contributed by atoms with Gasteiger partial charge < -0.3 is 10.1 Å². The van der Waals surface area contributed by atoms with Crippen LogP contribution in [0.5, 0.6) is 5.75 Å². The van der Waals surface area contributed by atoms with Crippen molar-refractivity contribution in [1.82, 2.24) is 0 Å². The number of ether oxygens (including phenoxy) is 1. The third kappa shape index (κ3) is 2.87.